The highest BCUT2D eigenvalue weighted by atomic mass is 35.5. The summed E-state index contributed by atoms with van der Waals surface area (Å²) in [4.78, 5) is 11.3. The van der Waals surface area contributed by atoms with E-state index in [9.17, 15) is 4.79 Å². The summed E-state index contributed by atoms with van der Waals surface area (Å²) in [6.45, 7) is 1.90. The first-order valence-corrected chi connectivity index (χ1v) is 4.83. The van der Waals surface area contributed by atoms with Gasteiger partial charge in [-0.3, -0.25) is 0 Å². The van der Waals surface area contributed by atoms with Crippen LogP contribution in [0.1, 0.15) is 13.3 Å². The molecule has 1 rings (SSSR count). The summed E-state index contributed by atoms with van der Waals surface area (Å²) in [5.74, 6) is -0.501. The molecule has 0 unspecified atom stereocenters. The van der Waals surface area contributed by atoms with Crippen LogP contribution in [0.5, 0.6) is 0 Å². The Labute approximate surface area is 92.8 Å². The molecule has 0 saturated carbocycles. The number of esters is 1. The first-order chi connectivity index (χ1) is 6.56. The molecular weight excluding hydrogens is 223 g/mol. The zero-order valence-electron chi connectivity index (χ0n) is 7.93. The molecule has 0 fully saturated rings. The second kappa shape index (κ2) is 4.67. The van der Waals surface area contributed by atoms with Crippen molar-refractivity contribution in [2.24, 2.45) is 0 Å². The first kappa shape index (κ1) is 11.3. The highest BCUT2D eigenvalue weighted by molar-refractivity contribution is 6.39. The van der Waals surface area contributed by atoms with Gasteiger partial charge in [0.1, 0.15) is 0 Å². The Balaban J connectivity index is 3.14. The summed E-state index contributed by atoms with van der Waals surface area (Å²) in [5.41, 5.74) is 1.23. The Kier molecular flexibility index (Phi) is 3.78. The van der Waals surface area contributed by atoms with Gasteiger partial charge in [-0.1, -0.05) is 34.9 Å². The molecule has 0 aromatic rings. The number of halogens is 2. The van der Waals surface area contributed by atoms with Crippen LogP contribution in [0, 0.1) is 0 Å². The van der Waals surface area contributed by atoms with Crippen molar-refractivity contribution in [2.45, 2.75) is 13.3 Å². The molecule has 1 aliphatic carbocycles. The third-order valence-corrected chi connectivity index (χ3v) is 2.50. The summed E-state index contributed by atoms with van der Waals surface area (Å²) >= 11 is 11.9. The van der Waals surface area contributed by atoms with E-state index in [0.29, 0.717) is 16.5 Å². The summed E-state index contributed by atoms with van der Waals surface area (Å²) in [6.07, 6.45) is 4.11. The van der Waals surface area contributed by atoms with Gasteiger partial charge in [0.15, 0.2) is 0 Å². The summed E-state index contributed by atoms with van der Waals surface area (Å²) < 4.78 is 4.59. The van der Waals surface area contributed by atoms with Crippen LogP contribution in [0.4, 0.5) is 0 Å². The lowest BCUT2D eigenvalue weighted by Gasteiger charge is -2.04. The minimum atomic E-state index is -0.501. The number of hydrogen-bond acceptors (Lipinski definition) is 2. The number of methoxy groups -OCH3 is 1. The molecule has 0 heterocycles. The first-order valence-electron chi connectivity index (χ1n) is 4.07. The predicted octanol–water partition coefficient (Wildman–Crippen LogP) is 3.13. The van der Waals surface area contributed by atoms with Gasteiger partial charge in [-0.05, 0) is 13.0 Å². The molecule has 0 aromatic heterocycles. The molecule has 1 aliphatic rings. The van der Waals surface area contributed by atoms with Crippen molar-refractivity contribution in [2.75, 3.05) is 7.11 Å². The van der Waals surface area contributed by atoms with E-state index >= 15 is 0 Å². The van der Waals surface area contributed by atoms with Crippen molar-refractivity contribution in [3.8, 4) is 0 Å². The maximum atomic E-state index is 11.3. The molecule has 76 valence electrons. The standard InChI is InChI=1S/C10H10Cl2O2/c1-6-3-4-7(11)9(8(12)5-6)10(13)14-2/h3,5H,4H2,1-2H3. The van der Waals surface area contributed by atoms with Gasteiger partial charge >= 0.3 is 5.97 Å². The van der Waals surface area contributed by atoms with Crippen LogP contribution in [0.2, 0.25) is 0 Å². The molecule has 0 atom stereocenters. The third-order valence-electron chi connectivity index (χ3n) is 1.86. The SMILES string of the molecule is COC(=O)C1=C(Cl)CC=C(C)C=C1Cl. The Morgan fingerprint density at radius 1 is 1.50 bits per heavy atom. The number of carbonyl (C=O) groups is 1. The highest BCUT2D eigenvalue weighted by Gasteiger charge is 2.19. The molecule has 0 bridgehead atoms. The molecule has 14 heavy (non-hydrogen) atoms. The molecule has 0 radical (unpaired) electrons. The van der Waals surface area contributed by atoms with E-state index < -0.39 is 5.97 Å². The molecule has 2 nitrogen and oxygen atoms in total. The quantitative estimate of drug-likeness (QED) is 0.650. The summed E-state index contributed by atoms with van der Waals surface area (Å²) in [7, 11) is 1.30. The van der Waals surface area contributed by atoms with Gasteiger partial charge in [-0.2, -0.15) is 0 Å². The average molecular weight is 233 g/mol. The largest absolute Gasteiger partial charge is 0.465 e. The second-order valence-electron chi connectivity index (χ2n) is 2.92. The molecule has 0 spiro atoms. The normalized spacial score (nSPS) is 17.1. The van der Waals surface area contributed by atoms with Crippen LogP contribution in [-0.2, 0) is 9.53 Å². The molecule has 4 heteroatoms. The van der Waals surface area contributed by atoms with E-state index in [1.807, 2.05) is 13.0 Å². The van der Waals surface area contributed by atoms with Gasteiger partial charge < -0.3 is 4.74 Å². The Morgan fingerprint density at radius 2 is 2.14 bits per heavy atom. The predicted molar refractivity (Wildman–Crippen MR) is 57.2 cm³/mol. The van der Waals surface area contributed by atoms with Crippen molar-refractivity contribution < 1.29 is 9.53 Å². The number of hydrogen-bond donors (Lipinski definition) is 0. The maximum absolute atomic E-state index is 11.3. The fourth-order valence-electron chi connectivity index (χ4n) is 1.12. The van der Waals surface area contributed by atoms with Crippen LogP contribution in [0.3, 0.4) is 0 Å². The summed E-state index contributed by atoms with van der Waals surface area (Å²) in [5, 5.41) is 0.739. The number of allylic oxidation sites excluding steroid dienone is 4. The van der Waals surface area contributed by atoms with Crippen LogP contribution in [0.25, 0.3) is 0 Å². The second-order valence-corrected chi connectivity index (χ2v) is 3.78. The number of rotatable bonds is 1. The van der Waals surface area contributed by atoms with E-state index in [0.717, 1.165) is 5.57 Å². The minimum Gasteiger partial charge on any atom is -0.465 e. The lowest BCUT2D eigenvalue weighted by Crippen LogP contribution is -2.06. The van der Waals surface area contributed by atoms with Crippen molar-refractivity contribution in [3.63, 3.8) is 0 Å². The minimum absolute atomic E-state index is 0.254. The molecule has 0 amide bonds. The van der Waals surface area contributed by atoms with Crippen molar-refractivity contribution in [3.05, 3.63) is 33.4 Å². The fraction of sp³-hybridized carbons (Fsp3) is 0.300. The average Bonchev–Trinajstić information content (AvgIpc) is 2.25. The monoisotopic (exact) mass is 232 g/mol. The van der Waals surface area contributed by atoms with Crippen LogP contribution in [-0.4, -0.2) is 13.1 Å². The van der Waals surface area contributed by atoms with Gasteiger partial charge in [0.2, 0.25) is 0 Å². The van der Waals surface area contributed by atoms with E-state index in [2.05, 4.69) is 4.74 Å². The van der Waals surface area contributed by atoms with E-state index in [4.69, 9.17) is 23.2 Å². The summed E-state index contributed by atoms with van der Waals surface area (Å²) in [6, 6.07) is 0. The highest BCUT2D eigenvalue weighted by Crippen LogP contribution is 2.29. The van der Waals surface area contributed by atoms with E-state index in [-0.39, 0.29) is 5.57 Å². The zero-order chi connectivity index (χ0) is 10.7. The van der Waals surface area contributed by atoms with Gasteiger partial charge in [0.25, 0.3) is 0 Å². The van der Waals surface area contributed by atoms with Crippen LogP contribution in [0.15, 0.2) is 33.4 Å². The molecule has 0 aromatic carbocycles. The smallest absolute Gasteiger partial charge is 0.340 e. The van der Waals surface area contributed by atoms with E-state index in [1.54, 1.807) is 6.08 Å². The van der Waals surface area contributed by atoms with Crippen LogP contribution < -0.4 is 0 Å². The third kappa shape index (κ3) is 2.40. The van der Waals surface area contributed by atoms with Crippen molar-refractivity contribution >= 4 is 29.2 Å². The van der Waals surface area contributed by atoms with Gasteiger partial charge in [-0.25, -0.2) is 4.79 Å². The molecule has 0 aliphatic heterocycles. The number of carbonyl (C=O) groups excluding carboxylic acids is 1. The lowest BCUT2D eigenvalue weighted by atomic mass is 10.2. The Morgan fingerprint density at radius 3 is 2.71 bits per heavy atom. The van der Waals surface area contributed by atoms with E-state index in [1.165, 1.54) is 7.11 Å². The maximum Gasteiger partial charge on any atom is 0.340 e. The van der Waals surface area contributed by atoms with Gasteiger partial charge in [-0.15, -0.1) is 0 Å². The van der Waals surface area contributed by atoms with Crippen molar-refractivity contribution in [1.82, 2.24) is 0 Å². The fourth-order valence-corrected chi connectivity index (χ4v) is 1.79. The topological polar surface area (TPSA) is 26.3 Å². The molecular formula is C10H10Cl2O2. The van der Waals surface area contributed by atoms with Crippen molar-refractivity contribution in [1.29, 1.82) is 0 Å². The molecule has 0 N–H and O–H groups in total. The Bertz CT molecular complexity index is 351. The Hall–Kier alpha value is -0.730. The molecule has 0 saturated heterocycles. The van der Waals surface area contributed by atoms with Gasteiger partial charge in [0.05, 0.1) is 17.7 Å². The van der Waals surface area contributed by atoms with Crippen LogP contribution >= 0.6 is 23.2 Å². The number of ether oxygens (including phenoxy) is 1. The lowest BCUT2D eigenvalue weighted by molar-refractivity contribution is -0.135. The zero-order valence-corrected chi connectivity index (χ0v) is 9.45. The van der Waals surface area contributed by atoms with Gasteiger partial charge in [0, 0.05) is 11.5 Å².